The average molecular weight is 543 g/mol. The van der Waals surface area contributed by atoms with Gasteiger partial charge in [0.05, 0.1) is 29.6 Å². The summed E-state index contributed by atoms with van der Waals surface area (Å²) in [5.74, 6) is -0.770. The minimum absolute atomic E-state index is 0.0720. The van der Waals surface area contributed by atoms with E-state index < -0.39 is 23.3 Å². The summed E-state index contributed by atoms with van der Waals surface area (Å²) in [5, 5.41) is 12.4. The quantitative estimate of drug-likeness (QED) is 0.536. The van der Waals surface area contributed by atoms with Crippen molar-refractivity contribution in [1.29, 1.82) is 5.26 Å². The van der Waals surface area contributed by atoms with E-state index in [2.05, 4.69) is 16.9 Å². The zero-order chi connectivity index (χ0) is 28.3. The molecule has 1 saturated heterocycles. The molecular formula is C27H29F3N6O3. The SMILES string of the molecule is C=CC(=O)N1CC(OCCN2CCC(Nc3nc(C)cc(C(F)(F)F)c3C#N)C(=O)N(C)c3ccccc32)C1. The van der Waals surface area contributed by atoms with Crippen LogP contribution in [0.3, 0.4) is 0 Å². The van der Waals surface area contributed by atoms with Gasteiger partial charge in [-0.2, -0.15) is 18.4 Å². The summed E-state index contributed by atoms with van der Waals surface area (Å²) in [6, 6.07) is 8.84. The van der Waals surface area contributed by atoms with Crippen molar-refractivity contribution in [2.24, 2.45) is 0 Å². The van der Waals surface area contributed by atoms with Gasteiger partial charge in [0, 0.05) is 38.9 Å². The molecule has 0 aliphatic carbocycles. The molecule has 3 heterocycles. The normalized spacial score (nSPS) is 18.0. The zero-order valence-corrected chi connectivity index (χ0v) is 21.7. The van der Waals surface area contributed by atoms with Crippen LogP contribution in [0.2, 0.25) is 0 Å². The first-order chi connectivity index (χ1) is 18.5. The van der Waals surface area contributed by atoms with E-state index in [0.29, 0.717) is 38.5 Å². The van der Waals surface area contributed by atoms with Crippen molar-refractivity contribution in [1.82, 2.24) is 9.88 Å². The molecule has 1 atom stereocenters. The highest BCUT2D eigenvalue weighted by Gasteiger charge is 2.37. The second-order valence-corrected chi connectivity index (χ2v) is 9.44. The Morgan fingerprint density at radius 2 is 2.00 bits per heavy atom. The summed E-state index contributed by atoms with van der Waals surface area (Å²) in [6.45, 7) is 7.13. The van der Waals surface area contributed by atoms with Gasteiger partial charge in [0.25, 0.3) is 0 Å². The first kappa shape index (κ1) is 27.9. The maximum Gasteiger partial charge on any atom is 0.417 e. The van der Waals surface area contributed by atoms with Crippen LogP contribution in [0, 0.1) is 18.3 Å². The molecule has 1 aromatic heterocycles. The minimum Gasteiger partial charge on any atom is -0.373 e. The second kappa shape index (κ2) is 11.3. The Hall–Kier alpha value is -4.11. The number of amides is 2. The van der Waals surface area contributed by atoms with Crippen LogP contribution in [0.4, 0.5) is 30.4 Å². The number of carbonyl (C=O) groups is 2. The van der Waals surface area contributed by atoms with Crippen LogP contribution < -0.4 is 15.1 Å². The fourth-order valence-corrected chi connectivity index (χ4v) is 4.72. The van der Waals surface area contributed by atoms with Gasteiger partial charge in [-0.25, -0.2) is 4.98 Å². The maximum atomic E-state index is 13.6. The number of likely N-dealkylation sites (tertiary alicyclic amines) is 1. The number of fused-ring (bicyclic) bond motifs is 1. The van der Waals surface area contributed by atoms with Crippen molar-refractivity contribution in [3.8, 4) is 6.07 Å². The third-order valence-electron chi connectivity index (χ3n) is 6.82. The number of likely N-dealkylation sites (N-methyl/N-ethyl adjacent to an activating group) is 1. The van der Waals surface area contributed by atoms with Crippen molar-refractivity contribution in [3.63, 3.8) is 0 Å². The van der Waals surface area contributed by atoms with E-state index in [-0.39, 0.29) is 35.9 Å². The molecule has 2 amide bonds. The van der Waals surface area contributed by atoms with E-state index >= 15 is 0 Å². The Morgan fingerprint density at radius 1 is 1.31 bits per heavy atom. The first-order valence-electron chi connectivity index (χ1n) is 12.4. The highest BCUT2D eigenvalue weighted by atomic mass is 19.4. The van der Waals surface area contributed by atoms with Crippen molar-refractivity contribution < 1.29 is 27.5 Å². The molecule has 1 unspecified atom stereocenters. The molecule has 2 aromatic rings. The minimum atomic E-state index is -4.75. The molecule has 2 aliphatic heterocycles. The van der Waals surface area contributed by atoms with Gasteiger partial charge in [0.15, 0.2) is 0 Å². The number of para-hydroxylation sites is 2. The molecule has 9 nitrogen and oxygen atoms in total. The number of carbonyl (C=O) groups excluding carboxylic acids is 2. The number of aryl methyl sites for hydroxylation is 1. The van der Waals surface area contributed by atoms with Gasteiger partial charge in [-0.15, -0.1) is 0 Å². The third-order valence-corrected chi connectivity index (χ3v) is 6.82. The molecule has 0 saturated carbocycles. The fourth-order valence-electron chi connectivity index (χ4n) is 4.72. The maximum absolute atomic E-state index is 13.6. The number of anilines is 3. The largest absolute Gasteiger partial charge is 0.417 e. The van der Waals surface area contributed by atoms with Crippen LogP contribution in [0.1, 0.15) is 23.2 Å². The van der Waals surface area contributed by atoms with Crippen LogP contribution in [-0.2, 0) is 20.5 Å². The summed E-state index contributed by atoms with van der Waals surface area (Å²) in [6.07, 6.45) is -3.31. The number of pyridine rings is 1. The van der Waals surface area contributed by atoms with E-state index in [1.807, 2.05) is 17.0 Å². The highest BCUT2D eigenvalue weighted by Crippen LogP contribution is 2.36. The number of aromatic nitrogens is 1. The smallest absolute Gasteiger partial charge is 0.373 e. The lowest BCUT2D eigenvalue weighted by Crippen LogP contribution is -2.54. The molecule has 0 radical (unpaired) electrons. The molecular weight excluding hydrogens is 513 g/mol. The highest BCUT2D eigenvalue weighted by molar-refractivity contribution is 6.01. The predicted octanol–water partition coefficient (Wildman–Crippen LogP) is 3.35. The van der Waals surface area contributed by atoms with Gasteiger partial charge >= 0.3 is 6.18 Å². The number of hydrogen-bond acceptors (Lipinski definition) is 7. The van der Waals surface area contributed by atoms with E-state index in [1.165, 1.54) is 17.9 Å². The van der Waals surface area contributed by atoms with Crippen LogP contribution in [-0.4, -0.2) is 73.7 Å². The van der Waals surface area contributed by atoms with Crippen LogP contribution in [0.5, 0.6) is 0 Å². The van der Waals surface area contributed by atoms with Gasteiger partial charge < -0.3 is 24.8 Å². The number of nitrogens with zero attached hydrogens (tertiary/aromatic N) is 5. The number of nitrogens with one attached hydrogen (secondary N) is 1. The van der Waals surface area contributed by atoms with Gasteiger partial charge in [-0.05, 0) is 37.6 Å². The summed E-state index contributed by atoms with van der Waals surface area (Å²) < 4.78 is 46.8. The monoisotopic (exact) mass is 542 g/mol. The Labute approximate surface area is 224 Å². The van der Waals surface area contributed by atoms with E-state index in [4.69, 9.17) is 4.74 Å². The summed E-state index contributed by atoms with van der Waals surface area (Å²) in [5.41, 5.74) is -0.225. The van der Waals surface area contributed by atoms with Gasteiger partial charge in [0.2, 0.25) is 11.8 Å². The number of halogens is 3. The molecule has 4 rings (SSSR count). The number of alkyl halides is 3. The van der Waals surface area contributed by atoms with Crippen molar-refractivity contribution >= 4 is 29.0 Å². The number of benzene rings is 1. The lowest BCUT2D eigenvalue weighted by Gasteiger charge is -2.39. The number of rotatable bonds is 7. The van der Waals surface area contributed by atoms with Crippen molar-refractivity contribution in [3.05, 3.63) is 59.8 Å². The lowest BCUT2D eigenvalue weighted by atomic mass is 10.1. The molecule has 12 heteroatoms. The topological polar surface area (TPSA) is 102 Å². The first-order valence-corrected chi connectivity index (χ1v) is 12.4. The molecule has 0 spiro atoms. The second-order valence-electron chi connectivity index (χ2n) is 9.44. The molecule has 1 aromatic carbocycles. The Morgan fingerprint density at radius 3 is 2.64 bits per heavy atom. The number of ether oxygens (including phenoxy) is 1. The third kappa shape index (κ3) is 5.98. The Bertz CT molecular complexity index is 1300. The molecule has 206 valence electrons. The predicted molar refractivity (Wildman–Crippen MR) is 139 cm³/mol. The molecule has 0 bridgehead atoms. The summed E-state index contributed by atoms with van der Waals surface area (Å²) in [7, 11) is 1.60. The van der Waals surface area contributed by atoms with Crippen molar-refractivity contribution in [2.75, 3.05) is 55.0 Å². The standard InChI is InChI=1S/C27H29F3N6O3/c1-4-24(37)36-15-18(16-36)39-12-11-35-10-9-21(26(38)34(3)22-7-5-6-8-23(22)35)33-25-19(14-31)20(27(28,29)30)13-17(2)32-25/h4-8,13,18,21H,1,9-12,15-16H2,2-3H3,(H,32,33). The van der Waals surface area contributed by atoms with Gasteiger partial charge in [-0.1, -0.05) is 18.7 Å². The Balaban J connectivity index is 1.53. The molecule has 1 fully saturated rings. The molecule has 1 N–H and O–H groups in total. The van der Waals surface area contributed by atoms with E-state index in [9.17, 15) is 28.0 Å². The summed E-state index contributed by atoms with van der Waals surface area (Å²) >= 11 is 0. The molecule has 39 heavy (non-hydrogen) atoms. The van der Waals surface area contributed by atoms with Crippen LogP contribution >= 0.6 is 0 Å². The lowest BCUT2D eigenvalue weighted by molar-refractivity contribution is -0.139. The van der Waals surface area contributed by atoms with Gasteiger partial charge in [0.1, 0.15) is 23.5 Å². The van der Waals surface area contributed by atoms with E-state index in [0.717, 1.165) is 11.8 Å². The average Bonchev–Trinajstić information content (AvgIpc) is 2.88. The van der Waals surface area contributed by atoms with Crippen LogP contribution in [0.15, 0.2) is 43.0 Å². The molecule has 2 aliphatic rings. The fraction of sp³-hybridized carbons (Fsp3) is 0.407. The zero-order valence-electron chi connectivity index (χ0n) is 21.7. The number of hydrogen-bond donors (Lipinski definition) is 1. The van der Waals surface area contributed by atoms with Crippen molar-refractivity contribution in [2.45, 2.75) is 31.7 Å². The Kier molecular flexibility index (Phi) is 8.11. The number of nitriles is 1. The summed E-state index contributed by atoms with van der Waals surface area (Å²) in [4.78, 5) is 34.4. The van der Waals surface area contributed by atoms with Crippen LogP contribution in [0.25, 0.3) is 0 Å². The van der Waals surface area contributed by atoms with E-state index in [1.54, 1.807) is 30.1 Å². The van der Waals surface area contributed by atoms with Gasteiger partial charge in [-0.3, -0.25) is 9.59 Å².